The van der Waals surface area contributed by atoms with Crippen LogP contribution in [0, 0.1) is 0 Å². The van der Waals surface area contributed by atoms with Crippen LogP contribution in [0.3, 0.4) is 0 Å². The predicted octanol–water partition coefficient (Wildman–Crippen LogP) is 4.19. The summed E-state index contributed by atoms with van der Waals surface area (Å²) in [6.07, 6.45) is 2.64. The van der Waals surface area contributed by atoms with E-state index >= 15 is 0 Å². The maximum atomic E-state index is 5.42. The Morgan fingerprint density at radius 1 is 1.05 bits per heavy atom. The Kier molecular flexibility index (Phi) is 4.00. The van der Waals surface area contributed by atoms with E-state index in [1.165, 1.54) is 24.0 Å². The van der Waals surface area contributed by atoms with Crippen molar-refractivity contribution in [2.75, 3.05) is 19.5 Å². The Labute approximate surface area is 125 Å². The Morgan fingerprint density at radius 3 is 2.57 bits per heavy atom. The first-order valence-corrected chi connectivity index (χ1v) is 7.35. The van der Waals surface area contributed by atoms with Crippen molar-refractivity contribution in [3.63, 3.8) is 0 Å². The maximum Gasteiger partial charge on any atom is 0.145 e. The van der Waals surface area contributed by atoms with Gasteiger partial charge in [0.05, 0.1) is 19.9 Å². The van der Waals surface area contributed by atoms with E-state index in [1.807, 2.05) is 18.2 Å². The molecule has 3 heteroatoms. The summed E-state index contributed by atoms with van der Waals surface area (Å²) in [6, 6.07) is 14.5. The zero-order valence-electron chi connectivity index (χ0n) is 12.6. The van der Waals surface area contributed by atoms with Gasteiger partial charge in [0.1, 0.15) is 11.5 Å². The molecule has 2 aromatic rings. The van der Waals surface area contributed by atoms with Gasteiger partial charge in [0.2, 0.25) is 0 Å². The highest BCUT2D eigenvalue weighted by Crippen LogP contribution is 2.41. The highest BCUT2D eigenvalue weighted by atomic mass is 16.5. The molecule has 1 saturated carbocycles. The number of hydrogen-bond donors (Lipinski definition) is 1. The van der Waals surface area contributed by atoms with E-state index in [1.54, 1.807) is 14.2 Å². The third kappa shape index (κ3) is 3.13. The maximum absolute atomic E-state index is 5.42. The van der Waals surface area contributed by atoms with Crippen LogP contribution in [0.1, 0.15) is 29.9 Å². The summed E-state index contributed by atoms with van der Waals surface area (Å²) in [4.78, 5) is 0. The van der Waals surface area contributed by atoms with Crippen LogP contribution in [0.2, 0.25) is 0 Å². The molecular weight excluding hydrogens is 262 g/mol. The van der Waals surface area contributed by atoms with Crippen molar-refractivity contribution in [2.45, 2.75) is 25.3 Å². The highest BCUT2D eigenvalue weighted by Gasteiger charge is 2.25. The fraction of sp³-hybridized carbons (Fsp3) is 0.333. The van der Waals surface area contributed by atoms with Crippen LogP contribution in [0.5, 0.6) is 11.5 Å². The molecule has 1 aliphatic carbocycles. The molecule has 1 aliphatic rings. The lowest BCUT2D eigenvalue weighted by Crippen LogP contribution is -2.04. The van der Waals surface area contributed by atoms with Crippen molar-refractivity contribution in [3.8, 4) is 11.5 Å². The molecule has 0 saturated heterocycles. The van der Waals surface area contributed by atoms with E-state index in [0.29, 0.717) is 0 Å². The monoisotopic (exact) mass is 283 g/mol. The number of benzene rings is 2. The summed E-state index contributed by atoms with van der Waals surface area (Å²) in [5, 5.41) is 3.47. The van der Waals surface area contributed by atoms with Crippen molar-refractivity contribution in [1.82, 2.24) is 0 Å². The van der Waals surface area contributed by atoms with Crippen molar-refractivity contribution in [3.05, 3.63) is 53.6 Å². The van der Waals surface area contributed by atoms with Gasteiger partial charge in [-0.15, -0.1) is 0 Å². The first-order valence-electron chi connectivity index (χ1n) is 7.35. The first-order chi connectivity index (χ1) is 10.3. The largest absolute Gasteiger partial charge is 0.497 e. The molecule has 0 bridgehead atoms. The fourth-order valence-electron chi connectivity index (χ4n) is 2.62. The van der Waals surface area contributed by atoms with Crippen LogP contribution in [0.25, 0.3) is 0 Å². The van der Waals surface area contributed by atoms with Crippen molar-refractivity contribution in [2.24, 2.45) is 0 Å². The summed E-state index contributed by atoms with van der Waals surface area (Å²) >= 11 is 0. The molecule has 2 aromatic carbocycles. The molecule has 3 rings (SSSR count). The van der Waals surface area contributed by atoms with Gasteiger partial charge in [0.25, 0.3) is 0 Å². The number of nitrogens with one attached hydrogen (secondary N) is 1. The molecule has 0 aliphatic heterocycles. The second kappa shape index (κ2) is 6.08. The molecule has 0 aromatic heterocycles. The molecule has 0 atom stereocenters. The Morgan fingerprint density at radius 2 is 1.86 bits per heavy atom. The minimum absolute atomic E-state index is 0.765. The minimum atomic E-state index is 0.765. The number of anilines is 1. The van der Waals surface area contributed by atoms with Crippen LogP contribution in [0.4, 0.5) is 5.69 Å². The standard InChI is InChI=1S/C18H21NO2/c1-20-15-9-10-17(18(11-15)21-2)19-12-14-5-3-4-6-16(14)13-7-8-13/h3-6,9-11,13,19H,7-8,12H2,1-2H3. The van der Waals surface area contributed by atoms with Gasteiger partial charge in [-0.2, -0.15) is 0 Å². The molecule has 21 heavy (non-hydrogen) atoms. The van der Waals surface area contributed by atoms with Gasteiger partial charge in [-0.1, -0.05) is 24.3 Å². The minimum Gasteiger partial charge on any atom is -0.497 e. The van der Waals surface area contributed by atoms with Crippen molar-refractivity contribution < 1.29 is 9.47 Å². The van der Waals surface area contributed by atoms with Gasteiger partial charge >= 0.3 is 0 Å². The summed E-state index contributed by atoms with van der Waals surface area (Å²) in [5.41, 5.74) is 3.85. The summed E-state index contributed by atoms with van der Waals surface area (Å²) in [7, 11) is 3.34. The van der Waals surface area contributed by atoms with E-state index in [-0.39, 0.29) is 0 Å². The Hall–Kier alpha value is -2.16. The summed E-state index contributed by atoms with van der Waals surface area (Å²) in [5.74, 6) is 2.37. The number of hydrogen-bond acceptors (Lipinski definition) is 3. The average Bonchev–Trinajstić information content (AvgIpc) is 3.38. The first kappa shape index (κ1) is 13.8. The normalized spacial score (nSPS) is 13.8. The van der Waals surface area contributed by atoms with Gasteiger partial charge in [0.15, 0.2) is 0 Å². The molecule has 0 radical (unpaired) electrons. The van der Waals surface area contributed by atoms with E-state index in [9.17, 15) is 0 Å². The van der Waals surface area contributed by atoms with Crippen LogP contribution in [0.15, 0.2) is 42.5 Å². The van der Waals surface area contributed by atoms with Crippen molar-refractivity contribution in [1.29, 1.82) is 0 Å². The third-order valence-electron chi connectivity index (χ3n) is 3.95. The SMILES string of the molecule is COc1ccc(NCc2ccccc2C2CC2)c(OC)c1. The second-order valence-corrected chi connectivity index (χ2v) is 5.39. The lowest BCUT2D eigenvalue weighted by Gasteiger charge is -2.14. The molecule has 3 nitrogen and oxygen atoms in total. The molecule has 110 valence electrons. The highest BCUT2D eigenvalue weighted by molar-refractivity contribution is 5.59. The van der Waals surface area contributed by atoms with Crippen LogP contribution in [-0.4, -0.2) is 14.2 Å². The van der Waals surface area contributed by atoms with Gasteiger partial charge in [0, 0.05) is 12.6 Å². The van der Waals surface area contributed by atoms with E-state index in [0.717, 1.165) is 29.6 Å². The Bertz CT molecular complexity index is 620. The number of ether oxygens (including phenoxy) is 2. The van der Waals surface area contributed by atoms with E-state index in [4.69, 9.17) is 9.47 Å². The molecule has 1 N–H and O–H groups in total. The zero-order valence-corrected chi connectivity index (χ0v) is 12.6. The molecule has 0 amide bonds. The molecule has 0 spiro atoms. The second-order valence-electron chi connectivity index (χ2n) is 5.39. The molecule has 0 unspecified atom stereocenters. The van der Waals surface area contributed by atoms with Gasteiger partial charge in [-0.05, 0) is 42.0 Å². The molecule has 1 fully saturated rings. The predicted molar refractivity (Wildman–Crippen MR) is 85.3 cm³/mol. The Balaban J connectivity index is 1.76. The summed E-state index contributed by atoms with van der Waals surface area (Å²) < 4.78 is 10.6. The van der Waals surface area contributed by atoms with Crippen LogP contribution in [-0.2, 0) is 6.54 Å². The van der Waals surface area contributed by atoms with Crippen LogP contribution >= 0.6 is 0 Å². The number of rotatable bonds is 6. The smallest absolute Gasteiger partial charge is 0.145 e. The van der Waals surface area contributed by atoms with Crippen LogP contribution < -0.4 is 14.8 Å². The fourth-order valence-corrected chi connectivity index (χ4v) is 2.62. The third-order valence-corrected chi connectivity index (χ3v) is 3.95. The van der Waals surface area contributed by atoms with Crippen molar-refractivity contribution >= 4 is 5.69 Å². The quantitative estimate of drug-likeness (QED) is 0.862. The topological polar surface area (TPSA) is 30.5 Å². The van der Waals surface area contributed by atoms with Gasteiger partial charge < -0.3 is 14.8 Å². The number of methoxy groups -OCH3 is 2. The summed E-state index contributed by atoms with van der Waals surface area (Å²) in [6.45, 7) is 0.815. The lowest BCUT2D eigenvalue weighted by molar-refractivity contribution is 0.395. The molecule has 0 heterocycles. The van der Waals surface area contributed by atoms with E-state index in [2.05, 4.69) is 29.6 Å². The average molecular weight is 283 g/mol. The zero-order chi connectivity index (χ0) is 14.7. The van der Waals surface area contributed by atoms with Gasteiger partial charge in [-0.3, -0.25) is 0 Å². The molecular formula is C18H21NO2. The van der Waals surface area contributed by atoms with E-state index < -0.39 is 0 Å². The van der Waals surface area contributed by atoms with Gasteiger partial charge in [-0.25, -0.2) is 0 Å². The lowest BCUT2D eigenvalue weighted by atomic mass is 10.0.